The second-order valence-corrected chi connectivity index (χ2v) is 3.78. The lowest BCUT2D eigenvalue weighted by Gasteiger charge is -2.10. The van der Waals surface area contributed by atoms with Gasteiger partial charge in [0.25, 0.3) is 5.91 Å². The van der Waals surface area contributed by atoms with Crippen LogP contribution in [0.4, 0.5) is 0 Å². The van der Waals surface area contributed by atoms with Crippen LogP contribution in [-0.4, -0.2) is 25.1 Å². The van der Waals surface area contributed by atoms with E-state index in [1.807, 2.05) is 0 Å². The third-order valence-corrected chi connectivity index (χ3v) is 2.80. The number of carbonyl (C=O) groups is 1. The van der Waals surface area contributed by atoms with Gasteiger partial charge in [0.1, 0.15) is 0 Å². The predicted octanol–water partition coefficient (Wildman–Crippen LogP) is 3.03. The van der Waals surface area contributed by atoms with E-state index in [2.05, 4.69) is 0 Å². The second-order valence-electron chi connectivity index (χ2n) is 2.99. The van der Waals surface area contributed by atoms with E-state index in [0.29, 0.717) is 15.6 Å². The van der Waals surface area contributed by atoms with Gasteiger partial charge >= 0.3 is 0 Å². The minimum atomic E-state index is -0.279. The van der Waals surface area contributed by atoms with Gasteiger partial charge in [-0.05, 0) is 17.7 Å². The van der Waals surface area contributed by atoms with Gasteiger partial charge in [0.2, 0.25) is 0 Å². The van der Waals surface area contributed by atoms with Crippen molar-refractivity contribution in [2.45, 2.75) is 0 Å². The summed E-state index contributed by atoms with van der Waals surface area (Å²) in [6.07, 6.45) is 2.95. The molecular weight excluding hydrogens is 249 g/mol. The van der Waals surface area contributed by atoms with Crippen molar-refractivity contribution in [3.8, 4) is 0 Å². The number of carbonyl (C=O) groups excluding carboxylic acids is 1. The van der Waals surface area contributed by atoms with Gasteiger partial charge < -0.3 is 0 Å². The summed E-state index contributed by atoms with van der Waals surface area (Å²) in [6, 6.07) is 5.22. The third kappa shape index (κ3) is 3.23. The summed E-state index contributed by atoms with van der Waals surface area (Å²) in [4.78, 5) is 16.1. The first-order valence-corrected chi connectivity index (χ1v) is 5.25. The molecule has 0 saturated carbocycles. The van der Waals surface area contributed by atoms with Gasteiger partial charge in [-0.25, -0.2) is 5.06 Å². The molecule has 0 saturated heterocycles. The molecule has 0 aliphatic heterocycles. The Bertz CT molecular complexity index is 418. The molecule has 3 nitrogen and oxygen atoms in total. The molecule has 0 spiro atoms. The average molecular weight is 260 g/mol. The van der Waals surface area contributed by atoms with Crippen LogP contribution in [0.25, 0.3) is 6.08 Å². The lowest BCUT2D eigenvalue weighted by atomic mass is 10.2. The number of likely N-dealkylation sites (N-methyl/N-ethyl adjacent to an activating group) is 1. The van der Waals surface area contributed by atoms with Crippen LogP contribution in [0.5, 0.6) is 0 Å². The van der Waals surface area contributed by atoms with Gasteiger partial charge in [-0.2, -0.15) is 0 Å². The molecule has 5 heteroatoms. The third-order valence-electron chi connectivity index (χ3n) is 1.97. The summed E-state index contributed by atoms with van der Waals surface area (Å²) in [7, 11) is 2.93. The van der Waals surface area contributed by atoms with Gasteiger partial charge in [0.05, 0.1) is 17.2 Å². The van der Waals surface area contributed by atoms with E-state index in [0.717, 1.165) is 5.06 Å². The van der Waals surface area contributed by atoms with Crippen LogP contribution < -0.4 is 0 Å². The van der Waals surface area contributed by atoms with Gasteiger partial charge in [0.15, 0.2) is 0 Å². The number of hydrogen-bond donors (Lipinski definition) is 0. The zero-order chi connectivity index (χ0) is 12.1. The van der Waals surface area contributed by atoms with E-state index in [9.17, 15) is 4.79 Å². The number of halogens is 2. The monoisotopic (exact) mass is 259 g/mol. The zero-order valence-corrected chi connectivity index (χ0v) is 10.4. The van der Waals surface area contributed by atoms with E-state index < -0.39 is 0 Å². The molecule has 1 rings (SSSR count). The lowest BCUT2D eigenvalue weighted by molar-refractivity contribution is -0.162. The highest BCUT2D eigenvalue weighted by molar-refractivity contribution is 6.42. The highest BCUT2D eigenvalue weighted by Crippen LogP contribution is 2.26. The molecule has 0 fully saturated rings. The molecule has 1 aromatic carbocycles. The summed E-state index contributed by atoms with van der Waals surface area (Å²) in [5, 5.41) is 1.99. The van der Waals surface area contributed by atoms with Crippen LogP contribution >= 0.6 is 23.2 Å². The Morgan fingerprint density at radius 3 is 2.75 bits per heavy atom. The summed E-state index contributed by atoms with van der Waals surface area (Å²) in [5.41, 5.74) is 0.687. The van der Waals surface area contributed by atoms with Crippen molar-refractivity contribution in [3.05, 3.63) is 39.9 Å². The molecule has 16 heavy (non-hydrogen) atoms. The van der Waals surface area contributed by atoms with Crippen LogP contribution in [0.2, 0.25) is 10.0 Å². The van der Waals surface area contributed by atoms with E-state index in [4.69, 9.17) is 28.0 Å². The fourth-order valence-corrected chi connectivity index (χ4v) is 1.38. The Morgan fingerprint density at radius 1 is 1.44 bits per heavy atom. The first kappa shape index (κ1) is 13.0. The normalized spacial score (nSPS) is 10.8. The Kier molecular flexibility index (Phi) is 4.80. The van der Waals surface area contributed by atoms with Crippen molar-refractivity contribution in [1.29, 1.82) is 0 Å². The van der Waals surface area contributed by atoms with Crippen LogP contribution in [-0.2, 0) is 9.63 Å². The summed E-state index contributed by atoms with van der Waals surface area (Å²) in [6.45, 7) is 0. The molecule has 0 N–H and O–H groups in total. The highest BCUT2D eigenvalue weighted by Gasteiger charge is 2.04. The first-order chi connectivity index (χ1) is 7.56. The number of rotatable bonds is 3. The quantitative estimate of drug-likeness (QED) is 0.617. The van der Waals surface area contributed by atoms with Gasteiger partial charge in [-0.1, -0.05) is 35.3 Å². The number of benzene rings is 1. The van der Waals surface area contributed by atoms with E-state index in [-0.39, 0.29) is 5.91 Å². The van der Waals surface area contributed by atoms with Gasteiger partial charge in [-0.15, -0.1) is 0 Å². The van der Waals surface area contributed by atoms with E-state index in [1.165, 1.54) is 20.2 Å². The Hall–Kier alpha value is -1.03. The molecule has 0 radical (unpaired) electrons. The molecular formula is C11H11Cl2NO2. The van der Waals surface area contributed by atoms with E-state index in [1.54, 1.807) is 24.3 Å². The molecule has 0 aromatic heterocycles. The Balaban J connectivity index is 2.85. The van der Waals surface area contributed by atoms with Crippen LogP contribution in [0.3, 0.4) is 0 Å². The molecule has 1 amide bonds. The van der Waals surface area contributed by atoms with Crippen molar-refractivity contribution >= 4 is 35.2 Å². The molecule has 86 valence electrons. The minimum absolute atomic E-state index is 0.279. The molecule has 0 atom stereocenters. The zero-order valence-electron chi connectivity index (χ0n) is 8.91. The molecule has 0 bridgehead atoms. The largest absolute Gasteiger partial charge is 0.274 e. The Labute approximate surface area is 104 Å². The van der Waals surface area contributed by atoms with Crippen molar-refractivity contribution in [2.24, 2.45) is 0 Å². The average Bonchev–Trinajstić information content (AvgIpc) is 2.29. The molecule has 0 aliphatic rings. The van der Waals surface area contributed by atoms with Gasteiger partial charge in [-0.3, -0.25) is 9.63 Å². The lowest BCUT2D eigenvalue weighted by Crippen LogP contribution is -2.22. The smallest absolute Gasteiger partial charge is 0.269 e. The number of hydrogen-bond acceptors (Lipinski definition) is 2. The second kappa shape index (κ2) is 5.89. The SMILES string of the molecule is CON(C)C(=O)/C=C/c1cccc(Cl)c1Cl. The summed E-state index contributed by atoms with van der Waals surface area (Å²) in [5.74, 6) is -0.279. The van der Waals surface area contributed by atoms with Gasteiger partial charge in [0, 0.05) is 13.1 Å². The fraction of sp³-hybridized carbons (Fsp3) is 0.182. The van der Waals surface area contributed by atoms with E-state index >= 15 is 0 Å². The fourth-order valence-electron chi connectivity index (χ4n) is 1.01. The molecule has 0 aliphatic carbocycles. The van der Waals surface area contributed by atoms with Crippen molar-refractivity contribution in [1.82, 2.24) is 5.06 Å². The predicted molar refractivity (Wildman–Crippen MR) is 65.3 cm³/mol. The number of nitrogens with zero attached hydrogens (tertiary/aromatic N) is 1. The molecule has 0 heterocycles. The maximum absolute atomic E-state index is 11.4. The Morgan fingerprint density at radius 2 is 2.12 bits per heavy atom. The summed E-state index contributed by atoms with van der Waals surface area (Å²) < 4.78 is 0. The maximum atomic E-state index is 11.4. The topological polar surface area (TPSA) is 29.5 Å². The van der Waals surface area contributed by atoms with Crippen molar-refractivity contribution in [3.63, 3.8) is 0 Å². The van der Waals surface area contributed by atoms with Crippen molar-refractivity contribution < 1.29 is 9.63 Å². The van der Waals surface area contributed by atoms with Crippen LogP contribution in [0.15, 0.2) is 24.3 Å². The standard InChI is InChI=1S/C11H11Cl2NO2/c1-14(16-2)10(15)7-6-8-4-3-5-9(12)11(8)13/h3-7H,1-2H3/b7-6+. The first-order valence-electron chi connectivity index (χ1n) is 4.50. The maximum Gasteiger partial charge on any atom is 0.269 e. The van der Waals surface area contributed by atoms with Crippen LogP contribution in [0, 0.1) is 0 Å². The number of amides is 1. The highest BCUT2D eigenvalue weighted by atomic mass is 35.5. The molecule has 1 aromatic rings. The minimum Gasteiger partial charge on any atom is -0.274 e. The van der Waals surface area contributed by atoms with Crippen LogP contribution in [0.1, 0.15) is 5.56 Å². The number of hydroxylamine groups is 2. The molecule has 0 unspecified atom stereocenters. The van der Waals surface area contributed by atoms with Crippen molar-refractivity contribution in [2.75, 3.05) is 14.2 Å². The summed E-state index contributed by atoms with van der Waals surface area (Å²) >= 11 is 11.8.